The van der Waals surface area contributed by atoms with Crippen molar-refractivity contribution in [2.45, 2.75) is 19.4 Å². The average Bonchev–Trinajstić information content (AvgIpc) is 2.14. The van der Waals surface area contributed by atoms with Gasteiger partial charge in [-0.15, -0.1) is 0 Å². The molecule has 0 aromatic heterocycles. The van der Waals surface area contributed by atoms with Gasteiger partial charge in [0, 0.05) is 5.56 Å². The van der Waals surface area contributed by atoms with Crippen molar-refractivity contribution in [1.29, 1.82) is 0 Å². The van der Waals surface area contributed by atoms with Gasteiger partial charge in [-0.1, -0.05) is 23.4 Å². The van der Waals surface area contributed by atoms with E-state index in [1.165, 1.54) is 0 Å². The van der Waals surface area contributed by atoms with Gasteiger partial charge in [0.1, 0.15) is 11.4 Å². The minimum absolute atomic E-state index is 0.514. The molecule has 0 bridgehead atoms. The number of benzene rings is 1. The summed E-state index contributed by atoms with van der Waals surface area (Å²) >= 11 is 5.92. The summed E-state index contributed by atoms with van der Waals surface area (Å²) in [5.41, 5.74) is -0.241. The first kappa shape index (κ1) is 11.9. The summed E-state index contributed by atoms with van der Waals surface area (Å²) < 4.78 is 5.02. The monoisotopic (exact) mass is 224 g/mol. The summed E-state index contributed by atoms with van der Waals surface area (Å²) in [4.78, 5) is 0. The first-order chi connectivity index (χ1) is 6.92. The molecule has 1 aromatic rings. The second-order valence-corrected chi connectivity index (χ2v) is 4.07. The Hall–Kier alpha value is -1.17. The highest BCUT2D eigenvalue weighted by Crippen LogP contribution is 2.24. The Morgan fingerprint density at radius 2 is 2.07 bits per heavy atom. The number of hydrogen-bond acceptors (Lipinski definition) is 2. The highest BCUT2D eigenvalue weighted by atomic mass is 35.5. The number of halogens is 1. The predicted molar refractivity (Wildman–Crippen MR) is 61.2 cm³/mol. The van der Waals surface area contributed by atoms with Crippen molar-refractivity contribution in [3.63, 3.8) is 0 Å². The molecule has 0 aliphatic heterocycles. The molecule has 1 aromatic carbocycles. The van der Waals surface area contributed by atoms with Gasteiger partial charge in [-0.25, -0.2) is 0 Å². The maximum atomic E-state index is 9.42. The van der Waals surface area contributed by atoms with Crippen molar-refractivity contribution >= 4 is 11.6 Å². The molecule has 1 N–H and O–H groups in total. The molecule has 0 aliphatic rings. The largest absolute Gasteiger partial charge is 0.495 e. The van der Waals surface area contributed by atoms with Crippen LogP contribution in [-0.4, -0.2) is 17.8 Å². The lowest BCUT2D eigenvalue weighted by molar-refractivity contribution is 0.143. The van der Waals surface area contributed by atoms with Crippen LogP contribution in [0.1, 0.15) is 19.4 Å². The quantitative estimate of drug-likeness (QED) is 0.743. The van der Waals surface area contributed by atoms with Crippen LogP contribution < -0.4 is 4.74 Å². The minimum atomic E-state index is -0.994. The fourth-order valence-corrected chi connectivity index (χ4v) is 1.23. The predicted octanol–water partition coefficient (Wildman–Crippen LogP) is 2.47. The summed E-state index contributed by atoms with van der Waals surface area (Å²) in [5.74, 6) is 6.16. The second-order valence-electron chi connectivity index (χ2n) is 3.66. The highest BCUT2D eigenvalue weighted by Gasteiger charge is 2.06. The molecule has 0 unspecified atom stereocenters. The number of ether oxygens (including phenoxy) is 1. The third-order valence-corrected chi connectivity index (χ3v) is 1.96. The topological polar surface area (TPSA) is 29.5 Å². The van der Waals surface area contributed by atoms with E-state index in [9.17, 15) is 5.11 Å². The van der Waals surface area contributed by atoms with E-state index in [1.807, 2.05) is 0 Å². The van der Waals surface area contributed by atoms with Crippen LogP contribution in [0.15, 0.2) is 18.2 Å². The summed E-state index contributed by atoms with van der Waals surface area (Å²) in [7, 11) is 1.56. The van der Waals surface area contributed by atoms with Gasteiger partial charge in [0.15, 0.2) is 0 Å². The van der Waals surface area contributed by atoms with E-state index in [-0.39, 0.29) is 0 Å². The van der Waals surface area contributed by atoms with Gasteiger partial charge in [0.25, 0.3) is 0 Å². The second kappa shape index (κ2) is 4.57. The van der Waals surface area contributed by atoms with E-state index in [2.05, 4.69) is 11.8 Å². The van der Waals surface area contributed by atoms with E-state index >= 15 is 0 Å². The molecular formula is C12H13ClO2. The molecule has 3 heteroatoms. The fraction of sp³-hybridized carbons (Fsp3) is 0.333. The summed E-state index contributed by atoms with van der Waals surface area (Å²) in [6, 6.07) is 5.25. The molecule has 0 aliphatic carbocycles. The number of hydrogen-bond donors (Lipinski definition) is 1. The zero-order valence-electron chi connectivity index (χ0n) is 8.97. The number of aliphatic hydroxyl groups is 1. The van der Waals surface area contributed by atoms with E-state index in [0.717, 1.165) is 5.56 Å². The average molecular weight is 225 g/mol. The van der Waals surface area contributed by atoms with Crippen LogP contribution in [0.4, 0.5) is 0 Å². The zero-order chi connectivity index (χ0) is 11.5. The summed E-state index contributed by atoms with van der Waals surface area (Å²) in [6.07, 6.45) is 0. The van der Waals surface area contributed by atoms with Crippen LogP contribution in [0.25, 0.3) is 0 Å². The maximum Gasteiger partial charge on any atom is 0.137 e. The zero-order valence-corrected chi connectivity index (χ0v) is 9.72. The Balaban J connectivity index is 2.97. The first-order valence-corrected chi connectivity index (χ1v) is 4.89. The summed E-state index contributed by atoms with van der Waals surface area (Å²) in [5, 5.41) is 9.93. The lowest BCUT2D eigenvalue weighted by Gasteiger charge is -2.06. The molecule has 15 heavy (non-hydrogen) atoms. The van der Waals surface area contributed by atoms with Crippen LogP contribution in [0.5, 0.6) is 5.75 Å². The van der Waals surface area contributed by atoms with Crippen LogP contribution in [0, 0.1) is 11.8 Å². The molecule has 0 radical (unpaired) electrons. The molecule has 2 nitrogen and oxygen atoms in total. The van der Waals surface area contributed by atoms with Crippen LogP contribution in [0.2, 0.25) is 5.02 Å². The first-order valence-electron chi connectivity index (χ1n) is 4.51. The molecule has 0 saturated heterocycles. The van der Waals surface area contributed by atoms with E-state index in [0.29, 0.717) is 10.8 Å². The van der Waals surface area contributed by atoms with Crippen LogP contribution in [0.3, 0.4) is 0 Å². The van der Waals surface area contributed by atoms with Crippen molar-refractivity contribution in [3.8, 4) is 17.6 Å². The summed E-state index contributed by atoms with van der Waals surface area (Å²) in [6.45, 7) is 3.26. The van der Waals surface area contributed by atoms with E-state index < -0.39 is 5.60 Å². The minimum Gasteiger partial charge on any atom is -0.495 e. The van der Waals surface area contributed by atoms with E-state index in [4.69, 9.17) is 16.3 Å². The smallest absolute Gasteiger partial charge is 0.137 e. The molecule has 0 saturated carbocycles. The van der Waals surface area contributed by atoms with Crippen molar-refractivity contribution in [3.05, 3.63) is 28.8 Å². The molecular weight excluding hydrogens is 212 g/mol. The number of rotatable bonds is 1. The molecule has 1 rings (SSSR count). The van der Waals surface area contributed by atoms with Crippen molar-refractivity contribution < 1.29 is 9.84 Å². The van der Waals surface area contributed by atoms with Crippen molar-refractivity contribution in [2.75, 3.05) is 7.11 Å². The van der Waals surface area contributed by atoms with Crippen molar-refractivity contribution in [1.82, 2.24) is 0 Å². The maximum absolute atomic E-state index is 9.42. The fourth-order valence-electron chi connectivity index (χ4n) is 0.969. The highest BCUT2D eigenvalue weighted by molar-refractivity contribution is 6.32. The standard InChI is InChI=1S/C12H13ClO2/c1-12(2,14)7-6-9-4-5-11(15-3)10(13)8-9/h4-5,8,14H,1-3H3. The van der Waals surface area contributed by atoms with Crippen molar-refractivity contribution in [2.24, 2.45) is 0 Å². The van der Waals surface area contributed by atoms with Gasteiger partial charge < -0.3 is 9.84 Å². The van der Waals surface area contributed by atoms with Gasteiger partial charge in [-0.05, 0) is 32.0 Å². The SMILES string of the molecule is COc1ccc(C#CC(C)(C)O)cc1Cl. The third kappa shape index (κ3) is 3.83. The van der Waals surface area contributed by atoms with Gasteiger partial charge in [0.2, 0.25) is 0 Å². The van der Waals surface area contributed by atoms with Gasteiger partial charge in [0.05, 0.1) is 12.1 Å². The Morgan fingerprint density at radius 1 is 1.40 bits per heavy atom. The van der Waals surface area contributed by atoms with Gasteiger partial charge >= 0.3 is 0 Å². The normalized spacial score (nSPS) is 10.5. The number of methoxy groups -OCH3 is 1. The van der Waals surface area contributed by atoms with E-state index in [1.54, 1.807) is 39.2 Å². The lowest BCUT2D eigenvalue weighted by Crippen LogP contribution is -2.14. The van der Waals surface area contributed by atoms with Gasteiger partial charge in [-0.3, -0.25) is 0 Å². The van der Waals surface area contributed by atoms with Crippen LogP contribution in [-0.2, 0) is 0 Å². The molecule has 0 amide bonds. The lowest BCUT2D eigenvalue weighted by atomic mass is 10.1. The molecule has 0 spiro atoms. The molecule has 0 fully saturated rings. The Labute approximate surface area is 94.8 Å². The Morgan fingerprint density at radius 3 is 2.53 bits per heavy atom. The third-order valence-electron chi connectivity index (χ3n) is 1.66. The molecule has 0 atom stereocenters. The van der Waals surface area contributed by atoms with Crippen LogP contribution >= 0.6 is 11.6 Å². The molecule has 0 heterocycles. The Kier molecular flexibility index (Phi) is 3.62. The Bertz CT molecular complexity index is 408. The van der Waals surface area contributed by atoms with Gasteiger partial charge in [-0.2, -0.15) is 0 Å². The molecule has 80 valence electrons.